The minimum Gasteiger partial charge on any atom is -0.469 e. The van der Waals surface area contributed by atoms with Crippen LogP contribution in [0.2, 0.25) is 0 Å². The molecule has 0 saturated carbocycles. The first-order chi connectivity index (χ1) is 15.4. The zero-order valence-electron chi connectivity index (χ0n) is 19.6. The lowest BCUT2D eigenvalue weighted by Gasteiger charge is -2.32. The van der Waals surface area contributed by atoms with Crippen molar-refractivity contribution >= 4 is 17.7 Å². The zero-order chi connectivity index (χ0) is 23.1. The van der Waals surface area contributed by atoms with E-state index in [-0.39, 0.29) is 17.8 Å². The van der Waals surface area contributed by atoms with Crippen molar-refractivity contribution < 1.29 is 19.2 Å². The molecule has 0 aromatic heterocycles. The van der Waals surface area contributed by atoms with E-state index in [4.69, 9.17) is 9.57 Å². The summed E-state index contributed by atoms with van der Waals surface area (Å²) in [7, 11) is 1.37. The summed E-state index contributed by atoms with van der Waals surface area (Å²) in [6, 6.07) is 15.4. The van der Waals surface area contributed by atoms with Crippen LogP contribution in [0.5, 0.6) is 0 Å². The molecule has 0 unspecified atom stereocenters. The molecule has 0 radical (unpaired) electrons. The molecule has 0 amide bonds. The van der Waals surface area contributed by atoms with Crippen LogP contribution in [0.1, 0.15) is 76.0 Å². The fraction of sp³-hybridized carbons (Fsp3) is 0.444. The van der Waals surface area contributed by atoms with Gasteiger partial charge >= 0.3 is 11.9 Å². The van der Waals surface area contributed by atoms with Crippen LogP contribution in [0.25, 0.3) is 11.1 Å². The lowest BCUT2D eigenvalue weighted by atomic mass is 9.71. The highest BCUT2D eigenvalue weighted by molar-refractivity contribution is 5.90. The summed E-state index contributed by atoms with van der Waals surface area (Å²) >= 11 is 0. The molecule has 0 heterocycles. The van der Waals surface area contributed by atoms with Gasteiger partial charge in [0.1, 0.15) is 0 Å². The molecule has 1 aliphatic rings. The van der Waals surface area contributed by atoms with Gasteiger partial charge in [-0.15, -0.1) is 0 Å². The minimum absolute atomic E-state index is 0.0185. The number of rotatable bonds is 10. The normalized spacial score (nSPS) is 13.9. The van der Waals surface area contributed by atoms with Crippen LogP contribution in [-0.4, -0.2) is 24.8 Å². The van der Waals surface area contributed by atoms with Crippen molar-refractivity contribution in [3.05, 3.63) is 59.2 Å². The summed E-state index contributed by atoms with van der Waals surface area (Å²) in [5, 5.41) is 4.03. The van der Waals surface area contributed by atoms with Crippen molar-refractivity contribution in [2.45, 2.75) is 71.1 Å². The van der Waals surface area contributed by atoms with Crippen LogP contribution < -0.4 is 0 Å². The van der Waals surface area contributed by atoms with Crippen LogP contribution in [0, 0.1) is 0 Å². The van der Waals surface area contributed by atoms with Gasteiger partial charge in [0.05, 0.1) is 19.2 Å². The van der Waals surface area contributed by atoms with E-state index >= 15 is 0 Å². The second-order valence-corrected chi connectivity index (χ2v) is 8.50. The summed E-state index contributed by atoms with van der Waals surface area (Å²) < 4.78 is 4.75. The van der Waals surface area contributed by atoms with Crippen molar-refractivity contribution in [1.29, 1.82) is 0 Å². The monoisotopic (exact) mass is 435 g/mol. The number of methoxy groups -OCH3 is 1. The van der Waals surface area contributed by atoms with Crippen molar-refractivity contribution in [2.24, 2.45) is 5.16 Å². The topological polar surface area (TPSA) is 65.0 Å². The molecule has 170 valence electrons. The van der Waals surface area contributed by atoms with E-state index in [1.165, 1.54) is 36.3 Å². The average Bonchev–Trinajstić information content (AvgIpc) is 3.05. The molecular formula is C27H33NO4. The predicted octanol–water partition coefficient (Wildman–Crippen LogP) is 5.97. The Morgan fingerprint density at radius 2 is 1.62 bits per heavy atom. The maximum Gasteiger partial charge on any atom is 0.331 e. The first-order valence-corrected chi connectivity index (χ1v) is 11.5. The molecule has 0 saturated heterocycles. The Labute approximate surface area is 190 Å². The predicted molar refractivity (Wildman–Crippen MR) is 127 cm³/mol. The molecule has 32 heavy (non-hydrogen) atoms. The van der Waals surface area contributed by atoms with Gasteiger partial charge in [-0.05, 0) is 47.1 Å². The van der Waals surface area contributed by atoms with Crippen LogP contribution >= 0.6 is 0 Å². The van der Waals surface area contributed by atoms with E-state index in [0.717, 1.165) is 31.2 Å². The molecule has 0 aliphatic heterocycles. The Balaban J connectivity index is 1.99. The van der Waals surface area contributed by atoms with Crippen molar-refractivity contribution in [3.63, 3.8) is 0 Å². The Bertz CT molecular complexity index is 1000. The second-order valence-electron chi connectivity index (χ2n) is 8.50. The SMILES string of the molecule is CCCC1(CCC)c2ccccc2-c2ccc(C/C(CCC(=O)OC)=N/OC(C)=O)cc21. The van der Waals surface area contributed by atoms with E-state index in [9.17, 15) is 9.59 Å². The van der Waals surface area contributed by atoms with Gasteiger partial charge in [0.2, 0.25) is 0 Å². The third-order valence-electron chi connectivity index (χ3n) is 6.24. The van der Waals surface area contributed by atoms with Crippen LogP contribution in [0.4, 0.5) is 0 Å². The second kappa shape index (κ2) is 10.6. The first-order valence-electron chi connectivity index (χ1n) is 11.5. The highest BCUT2D eigenvalue weighted by Crippen LogP contribution is 2.53. The maximum absolute atomic E-state index is 11.6. The lowest BCUT2D eigenvalue weighted by molar-refractivity contribution is -0.141. The van der Waals surface area contributed by atoms with Gasteiger partial charge in [-0.2, -0.15) is 0 Å². The Morgan fingerprint density at radius 3 is 2.28 bits per heavy atom. The number of carbonyl (C=O) groups excluding carboxylic acids is 2. The van der Waals surface area contributed by atoms with Gasteiger partial charge in [0, 0.05) is 18.8 Å². The largest absolute Gasteiger partial charge is 0.469 e. The number of ether oxygens (including phenoxy) is 1. The van der Waals surface area contributed by atoms with E-state index in [1.807, 2.05) is 0 Å². The van der Waals surface area contributed by atoms with E-state index in [1.54, 1.807) is 0 Å². The smallest absolute Gasteiger partial charge is 0.331 e. The van der Waals surface area contributed by atoms with E-state index in [2.05, 4.69) is 61.5 Å². The third kappa shape index (κ3) is 4.93. The Morgan fingerprint density at radius 1 is 0.938 bits per heavy atom. The molecule has 5 heteroatoms. The molecule has 0 bridgehead atoms. The van der Waals surface area contributed by atoms with Gasteiger partial charge in [0.25, 0.3) is 0 Å². The van der Waals surface area contributed by atoms with Crippen LogP contribution in [0.15, 0.2) is 47.6 Å². The zero-order valence-corrected chi connectivity index (χ0v) is 19.6. The summed E-state index contributed by atoms with van der Waals surface area (Å²) in [5.41, 5.74) is 7.20. The number of carbonyl (C=O) groups is 2. The van der Waals surface area contributed by atoms with Crippen molar-refractivity contribution in [2.75, 3.05) is 7.11 Å². The van der Waals surface area contributed by atoms with Crippen molar-refractivity contribution in [3.8, 4) is 11.1 Å². The van der Waals surface area contributed by atoms with Crippen LogP contribution in [-0.2, 0) is 31.0 Å². The minimum atomic E-state index is -0.477. The molecule has 0 fully saturated rings. The van der Waals surface area contributed by atoms with Gasteiger partial charge < -0.3 is 9.57 Å². The van der Waals surface area contributed by atoms with E-state index < -0.39 is 5.97 Å². The fourth-order valence-electron chi connectivity index (χ4n) is 5.01. The lowest BCUT2D eigenvalue weighted by Crippen LogP contribution is -2.25. The Kier molecular flexibility index (Phi) is 7.84. The standard InChI is InChI=1S/C27H33NO4/c1-5-15-27(16-6-2)24-10-8-7-9-22(24)23-13-11-20(18-25(23)27)17-21(28-32-19(3)29)12-14-26(30)31-4/h7-11,13,18H,5-6,12,14-17H2,1-4H3/b28-21+. The Hall–Kier alpha value is -2.95. The first kappa shape index (κ1) is 23.7. The summed E-state index contributed by atoms with van der Waals surface area (Å²) in [4.78, 5) is 27.8. The molecule has 0 atom stereocenters. The van der Waals surface area contributed by atoms with Crippen molar-refractivity contribution in [1.82, 2.24) is 0 Å². The molecule has 2 aromatic rings. The van der Waals surface area contributed by atoms with Gasteiger partial charge in [-0.3, -0.25) is 4.79 Å². The van der Waals surface area contributed by atoms with E-state index in [0.29, 0.717) is 18.6 Å². The summed E-state index contributed by atoms with van der Waals surface area (Å²) in [6.45, 7) is 5.81. The quantitative estimate of drug-likeness (QED) is 0.200. The molecule has 5 nitrogen and oxygen atoms in total. The maximum atomic E-state index is 11.6. The number of oxime groups is 1. The average molecular weight is 436 g/mol. The number of nitrogens with zero attached hydrogens (tertiary/aromatic N) is 1. The highest BCUT2D eigenvalue weighted by atomic mass is 16.7. The number of benzene rings is 2. The number of esters is 1. The summed E-state index contributed by atoms with van der Waals surface area (Å²) in [5.74, 6) is -0.787. The van der Waals surface area contributed by atoms with Gasteiger partial charge in [-0.1, -0.05) is 74.3 Å². The highest BCUT2D eigenvalue weighted by Gasteiger charge is 2.41. The third-order valence-corrected chi connectivity index (χ3v) is 6.24. The molecular weight excluding hydrogens is 402 g/mol. The molecule has 1 aliphatic carbocycles. The number of hydrogen-bond donors (Lipinski definition) is 0. The fourth-order valence-corrected chi connectivity index (χ4v) is 5.01. The molecule has 0 spiro atoms. The summed E-state index contributed by atoms with van der Waals surface area (Å²) in [6.07, 6.45) is 5.51. The number of fused-ring (bicyclic) bond motifs is 3. The molecule has 0 N–H and O–H groups in total. The van der Waals surface area contributed by atoms with Gasteiger partial charge in [0.15, 0.2) is 0 Å². The number of hydrogen-bond acceptors (Lipinski definition) is 5. The molecule has 2 aromatic carbocycles. The van der Waals surface area contributed by atoms with Gasteiger partial charge in [-0.25, -0.2) is 4.79 Å². The molecule has 3 rings (SSSR count). The van der Waals surface area contributed by atoms with Crippen LogP contribution in [0.3, 0.4) is 0 Å².